The lowest BCUT2D eigenvalue weighted by molar-refractivity contribution is 0.0740. The van der Waals surface area contributed by atoms with Gasteiger partial charge in [-0.15, -0.1) is 5.10 Å². The first-order valence-electron chi connectivity index (χ1n) is 7.73. The minimum atomic E-state index is -0.236. The summed E-state index contributed by atoms with van der Waals surface area (Å²) in [6.45, 7) is 6.66. The number of rotatable bonds is 4. The highest BCUT2D eigenvalue weighted by molar-refractivity contribution is 6.31. The molecule has 0 spiro atoms. The van der Waals surface area contributed by atoms with Crippen molar-refractivity contribution in [1.82, 2.24) is 24.5 Å². The number of fused-ring (bicyclic) bond motifs is 1. The number of hydrogen-bond donors (Lipinski definition) is 0. The predicted octanol–water partition coefficient (Wildman–Crippen LogP) is 3.06. The van der Waals surface area contributed by atoms with Crippen molar-refractivity contribution in [2.75, 3.05) is 6.54 Å². The third kappa shape index (κ3) is 3.10. The zero-order chi connectivity index (χ0) is 17.3. The molecule has 0 aliphatic rings. The molecule has 7 heteroatoms. The van der Waals surface area contributed by atoms with Crippen LogP contribution in [0.5, 0.6) is 0 Å². The lowest BCUT2D eigenvalue weighted by Gasteiger charge is -2.19. The molecular weight excluding hydrogens is 326 g/mol. The van der Waals surface area contributed by atoms with E-state index in [9.17, 15) is 4.79 Å². The maximum absolute atomic E-state index is 12.8. The second kappa shape index (κ2) is 6.57. The molecule has 1 aromatic carbocycles. The summed E-state index contributed by atoms with van der Waals surface area (Å²) in [6.07, 6.45) is 0. The van der Waals surface area contributed by atoms with Crippen LogP contribution >= 0.6 is 11.6 Å². The summed E-state index contributed by atoms with van der Waals surface area (Å²) in [5, 5.41) is 4.94. The summed E-state index contributed by atoms with van der Waals surface area (Å²) in [7, 11) is 0. The molecule has 0 saturated carbocycles. The van der Waals surface area contributed by atoms with Gasteiger partial charge < -0.3 is 4.90 Å². The third-order valence-corrected chi connectivity index (χ3v) is 4.17. The van der Waals surface area contributed by atoms with E-state index in [4.69, 9.17) is 11.6 Å². The van der Waals surface area contributed by atoms with E-state index < -0.39 is 0 Å². The molecule has 3 rings (SSSR count). The molecule has 3 aromatic rings. The maximum Gasteiger partial charge on any atom is 0.293 e. The summed E-state index contributed by atoms with van der Waals surface area (Å²) in [5.74, 6) is 0.342. The molecule has 0 saturated heterocycles. The van der Waals surface area contributed by atoms with E-state index in [2.05, 4.69) is 15.1 Å². The van der Waals surface area contributed by atoms with E-state index >= 15 is 0 Å². The van der Waals surface area contributed by atoms with Crippen molar-refractivity contribution in [2.45, 2.75) is 27.3 Å². The van der Waals surface area contributed by atoms with Crippen molar-refractivity contribution in [2.24, 2.45) is 0 Å². The van der Waals surface area contributed by atoms with Crippen LogP contribution in [0.3, 0.4) is 0 Å². The number of hydrogen-bond acceptors (Lipinski definition) is 4. The Balaban J connectivity index is 1.91. The Bertz CT molecular complexity index is 905. The SMILES string of the molecule is CCN(Cc1ccccc1Cl)C(=O)c1nc2nc(C)cc(C)n2n1. The van der Waals surface area contributed by atoms with E-state index in [-0.39, 0.29) is 11.7 Å². The molecule has 0 aliphatic carbocycles. The standard InChI is InChI=1S/C17H18ClN5O/c1-4-22(10-13-7-5-6-8-14(13)18)16(24)15-20-17-19-11(2)9-12(3)23(17)21-15/h5-9H,4,10H2,1-3H3. The van der Waals surface area contributed by atoms with E-state index in [0.717, 1.165) is 17.0 Å². The molecule has 1 amide bonds. The minimum Gasteiger partial charge on any atom is -0.332 e. The maximum atomic E-state index is 12.8. The van der Waals surface area contributed by atoms with Crippen molar-refractivity contribution in [1.29, 1.82) is 0 Å². The van der Waals surface area contributed by atoms with Crippen LogP contribution in [0.1, 0.15) is 34.5 Å². The molecular formula is C17H18ClN5O. The first-order chi connectivity index (χ1) is 11.5. The molecule has 0 N–H and O–H groups in total. The largest absolute Gasteiger partial charge is 0.332 e. The van der Waals surface area contributed by atoms with Crippen LogP contribution in [0.25, 0.3) is 5.78 Å². The Morgan fingerprint density at radius 3 is 2.71 bits per heavy atom. The third-order valence-electron chi connectivity index (χ3n) is 3.80. The van der Waals surface area contributed by atoms with Gasteiger partial charge in [0, 0.05) is 29.5 Å². The number of aryl methyl sites for hydroxylation is 2. The van der Waals surface area contributed by atoms with Gasteiger partial charge in [-0.1, -0.05) is 29.8 Å². The number of aromatic nitrogens is 4. The topological polar surface area (TPSA) is 63.4 Å². The first kappa shape index (κ1) is 16.4. The van der Waals surface area contributed by atoms with Crippen LogP contribution in [0, 0.1) is 13.8 Å². The van der Waals surface area contributed by atoms with Gasteiger partial charge in [0.25, 0.3) is 11.7 Å². The van der Waals surface area contributed by atoms with Crippen LogP contribution in [0.2, 0.25) is 5.02 Å². The van der Waals surface area contributed by atoms with E-state index in [0.29, 0.717) is 23.9 Å². The number of amides is 1. The van der Waals surface area contributed by atoms with Gasteiger partial charge >= 0.3 is 0 Å². The fourth-order valence-corrected chi connectivity index (χ4v) is 2.75. The zero-order valence-corrected chi connectivity index (χ0v) is 14.6. The van der Waals surface area contributed by atoms with Gasteiger partial charge in [-0.05, 0) is 38.5 Å². The molecule has 24 heavy (non-hydrogen) atoms. The molecule has 0 aliphatic heterocycles. The molecule has 2 heterocycles. The van der Waals surface area contributed by atoms with Gasteiger partial charge in [-0.3, -0.25) is 4.79 Å². The summed E-state index contributed by atoms with van der Waals surface area (Å²) in [4.78, 5) is 23.0. The Labute approximate surface area is 145 Å². The number of nitrogens with zero attached hydrogens (tertiary/aromatic N) is 5. The fourth-order valence-electron chi connectivity index (χ4n) is 2.56. The van der Waals surface area contributed by atoms with Crippen LogP contribution in [-0.2, 0) is 6.54 Å². The monoisotopic (exact) mass is 343 g/mol. The predicted molar refractivity (Wildman–Crippen MR) is 92.1 cm³/mol. The summed E-state index contributed by atoms with van der Waals surface area (Å²) < 4.78 is 1.59. The van der Waals surface area contributed by atoms with Gasteiger partial charge in [0.15, 0.2) is 0 Å². The number of carbonyl (C=O) groups excluding carboxylic acids is 1. The van der Waals surface area contributed by atoms with Crippen molar-refractivity contribution in [3.05, 3.63) is 58.1 Å². The number of halogens is 1. The fraction of sp³-hybridized carbons (Fsp3) is 0.294. The highest BCUT2D eigenvalue weighted by Gasteiger charge is 2.21. The quantitative estimate of drug-likeness (QED) is 0.730. The Morgan fingerprint density at radius 1 is 1.25 bits per heavy atom. The van der Waals surface area contributed by atoms with Gasteiger partial charge in [0.1, 0.15) is 0 Å². The normalized spacial score (nSPS) is 11.0. The van der Waals surface area contributed by atoms with Crippen LogP contribution in [-0.4, -0.2) is 36.9 Å². The second-order valence-corrected chi connectivity index (χ2v) is 6.00. The molecule has 6 nitrogen and oxygen atoms in total. The molecule has 124 valence electrons. The van der Waals surface area contributed by atoms with Crippen LogP contribution in [0.15, 0.2) is 30.3 Å². The molecule has 0 unspecified atom stereocenters. The van der Waals surface area contributed by atoms with Crippen molar-refractivity contribution in [3.63, 3.8) is 0 Å². The lowest BCUT2D eigenvalue weighted by Crippen LogP contribution is -2.31. The molecule has 0 radical (unpaired) electrons. The zero-order valence-electron chi connectivity index (χ0n) is 13.8. The second-order valence-electron chi connectivity index (χ2n) is 5.60. The van der Waals surface area contributed by atoms with E-state index in [1.165, 1.54) is 0 Å². The van der Waals surface area contributed by atoms with Crippen LogP contribution < -0.4 is 0 Å². The van der Waals surface area contributed by atoms with E-state index in [1.54, 1.807) is 9.42 Å². The van der Waals surface area contributed by atoms with Crippen molar-refractivity contribution >= 4 is 23.3 Å². The van der Waals surface area contributed by atoms with Gasteiger partial charge in [0.2, 0.25) is 5.82 Å². The lowest BCUT2D eigenvalue weighted by atomic mass is 10.2. The minimum absolute atomic E-state index is 0.144. The van der Waals surface area contributed by atoms with Crippen molar-refractivity contribution in [3.8, 4) is 0 Å². The Kier molecular flexibility index (Phi) is 4.49. The smallest absolute Gasteiger partial charge is 0.293 e. The summed E-state index contributed by atoms with van der Waals surface area (Å²) in [5.41, 5.74) is 2.62. The highest BCUT2D eigenvalue weighted by atomic mass is 35.5. The number of benzene rings is 1. The van der Waals surface area contributed by atoms with Gasteiger partial charge in [-0.2, -0.15) is 4.98 Å². The molecule has 0 atom stereocenters. The summed E-state index contributed by atoms with van der Waals surface area (Å²) in [6, 6.07) is 9.39. The van der Waals surface area contributed by atoms with Gasteiger partial charge in [-0.25, -0.2) is 9.50 Å². The first-order valence-corrected chi connectivity index (χ1v) is 8.11. The average Bonchev–Trinajstić information content (AvgIpc) is 2.98. The average molecular weight is 344 g/mol. The number of carbonyl (C=O) groups is 1. The Hall–Kier alpha value is -2.47. The molecule has 2 aromatic heterocycles. The Morgan fingerprint density at radius 2 is 2.00 bits per heavy atom. The highest BCUT2D eigenvalue weighted by Crippen LogP contribution is 2.18. The van der Waals surface area contributed by atoms with Crippen molar-refractivity contribution < 1.29 is 4.79 Å². The van der Waals surface area contributed by atoms with Crippen LogP contribution in [0.4, 0.5) is 0 Å². The molecule has 0 fully saturated rings. The molecule has 0 bridgehead atoms. The summed E-state index contributed by atoms with van der Waals surface area (Å²) >= 11 is 6.20. The van der Waals surface area contributed by atoms with Gasteiger partial charge in [0.05, 0.1) is 0 Å². The van der Waals surface area contributed by atoms with E-state index in [1.807, 2.05) is 51.1 Å².